The first-order valence-corrected chi connectivity index (χ1v) is 5.91. The van der Waals surface area contributed by atoms with Crippen LogP contribution >= 0.6 is 11.6 Å². The van der Waals surface area contributed by atoms with Crippen LogP contribution in [0.4, 0.5) is 10.1 Å². The summed E-state index contributed by atoms with van der Waals surface area (Å²) in [5.74, 6) is -0.882. The molecular formula is C14H11ClFNO2. The van der Waals surface area contributed by atoms with Crippen molar-refractivity contribution in [1.82, 2.24) is 0 Å². The van der Waals surface area contributed by atoms with Crippen LogP contribution in [-0.2, 0) is 0 Å². The van der Waals surface area contributed by atoms with E-state index in [4.69, 9.17) is 11.6 Å². The third-order valence-electron chi connectivity index (χ3n) is 2.64. The summed E-state index contributed by atoms with van der Waals surface area (Å²) < 4.78 is 13.0. The predicted octanol–water partition coefficient (Wildman–Crippen LogP) is 3.75. The molecule has 0 aromatic heterocycles. The van der Waals surface area contributed by atoms with Gasteiger partial charge in [0, 0.05) is 17.3 Å². The van der Waals surface area contributed by atoms with Gasteiger partial charge in [0.15, 0.2) is 0 Å². The highest BCUT2D eigenvalue weighted by Gasteiger charge is 2.10. The minimum atomic E-state index is -0.391. The Hall–Kier alpha value is -2.07. The molecule has 0 spiro atoms. The van der Waals surface area contributed by atoms with E-state index in [1.807, 2.05) is 0 Å². The number of aryl methyl sites for hydroxylation is 1. The SMILES string of the molecule is Cc1cc(F)ccc1C(=O)Nc1ccc(Cl)c(O)c1. The molecule has 0 aliphatic carbocycles. The second-order valence-corrected chi connectivity index (χ2v) is 4.49. The number of rotatable bonds is 2. The predicted molar refractivity (Wildman–Crippen MR) is 72.2 cm³/mol. The van der Waals surface area contributed by atoms with Crippen molar-refractivity contribution in [3.8, 4) is 5.75 Å². The molecule has 1 amide bonds. The van der Waals surface area contributed by atoms with Crippen molar-refractivity contribution in [3.05, 3.63) is 58.4 Å². The summed E-state index contributed by atoms with van der Waals surface area (Å²) in [6.07, 6.45) is 0. The second-order valence-electron chi connectivity index (χ2n) is 4.08. The van der Waals surface area contributed by atoms with Gasteiger partial charge in [0.05, 0.1) is 5.02 Å². The zero-order valence-electron chi connectivity index (χ0n) is 10.1. The fourth-order valence-corrected chi connectivity index (χ4v) is 1.79. The lowest BCUT2D eigenvalue weighted by molar-refractivity contribution is 0.102. The Kier molecular flexibility index (Phi) is 3.71. The van der Waals surface area contributed by atoms with Gasteiger partial charge in [0.25, 0.3) is 5.91 Å². The normalized spacial score (nSPS) is 10.3. The number of aromatic hydroxyl groups is 1. The van der Waals surface area contributed by atoms with Crippen LogP contribution in [0.15, 0.2) is 36.4 Å². The van der Waals surface area contributed by atoms with E-state index in [-0.39, 0.29) is 16.7 Å². The average Bonchev–Trinajstić information content (AvgIpc) is 2.33. The van der Waals surface area contributed by atoms with E-state index < -0.39 is 5.82 Å². The Morgan fingerprint density at radius 2 is 2.00 bits per heavy atom. The lowest BCUT2D eigenvalue weighted by Crippen LogP contribution is -2.13. The number of halogens is 2. The van der Waals surface area contributed by atoms with Crippen LogP contribution in [0.1, 0.15) is 15.9 Å². The molecular weight excluding hydrogens is 269 g/mol. The van der Waals surface area contributed by atoms with Crippen LogP contribution < -0.4 is 5.32 Å². The Labute approximate surface area is 114 Å². The van der Waals surface area contributed by atoms with E-state index in [9.17, 15) is 14.3 Å². The molecule has 0 saturated heterocycles. The number of anilines is 1. The van der Waals surface area contributed by atoms with Gasteiger partial charge >= 0.3 is 0 Å². The van der Waals surface area contributed by atoms with E-state index in [0.717, 1.165) is 0 Å². The molecule has 2 aromatic rings. The highest BCUT2D eigenvalue weighted by atomic mass is 35.5. The maximum absolute atomic E-state index is 13.0. The van der Waals surface area contributed by atoms with Crippen molar-refractivity contribution in [1.29, 1.82) is 0 Å². The maximum Gasteiger partial charge on any atom is 0.255 e. The van der Waals surface area contributed by atoms with Crippen LogP contribution in [0.2, 0.25) is 5.02 Å². The van der Waals surface area contributed by atoms with Gasteiger partial charge < -0.3 is 10.4 Å². The van der Waals surface area contributed by atoms with Crippen LogP contribution in [-0.4, -0.2) is 11.0 Å². The molecule has 19 heavy (non-hydrogen) atoms. The van der Waals surface area contributed by atoms with E-state index in [1.54, 1.807) is 13.0 Å². The number of hydrogen-bond acceptors (Lipinski definition) is 2. The number of hydrogen-bond donors (Lipinski definition) is 2. The molecule has 0 aliphatic heterocycles. The Balaban J connectivity index is 2.23. The molecule has 98 valence electrons. The van der Waals surface area contributed by atoms with Crippen molar-refractivity contribution >= 4 is 23.2 Å². The average molecular weight is 280 g/mol. The minimum Gasteiger partial charge on any atom is -0.506 e. The molecule has 0 bridgehead atoms. The first-order chi connectivity index (χ1) is 8.97. The Morgan fingerprint density at radius 3 is 2.63 bits per heavy atom. The van der Waals surface area contributed by atoms with Crippen LogP contribution in [0.25, 0.3) is 0 Å². The maximum atomic E-state index is 13.0. The molecule has 2 aromatic carbocycles. The lowest BCUT2D eigenvalue weighted by atomic mass is 10.1. The molecule has 0 radical (unpaired) electrons. The Bertz CT molecular complexity index is 643. The van der Waals surface area contributed by atoms with Gasteiger partial charge in [0.2, 0.25) is 0 Å². The van der Waals surface area contributed by atoms with Crippen molar-refractivity contribution in [3.63, 3.8) is 0 Å². The fourth-order valence-electron chi connectivity index (χ4n) is 1.67. The van der Waals surface area contributed by atoms with Crippen molar-refractivity contribution in [2.75, 3.05) is 5.32 Å². The molecule has 0 aliphatic rings. The largest absolute Gasteiger partial charge is 0.506 e. The zero-order chi connectivity index (χ0) is 14.0. The third kappa shape index (κ3) is 3.03. The molecule has 5 heteroatoms. The van der Waals surface area contributed by atoms with E-state index in [1.165, 1.54) is 30.3 Å². The summed E-state index contributed by atoms with van der Waals surface area (Å²) in [6.45, 7) is 1.65. The highest BCUT2D eigenvalue weighted by molar-refractivity contribution is 6.32. The first-order valence-electron chi connectivity index (χ1n) is 5.53. The quantitative estimate of drug-likeness (QED) is 0.880. The number of benzene rings is 2. The summed E-state index contributed by atoms with van der Waals surface area (Å²) >= 11 is 5.67. The standard InChI is InChI=1S/C14H11ClFNO2/c1-8-6-9(16)2-4-11(8)14(19)17-10-3-5-12(15)13(18)7-10/h2-7,18H,1H3,(H,17,19). The zero-order valence-corrected chi connectivity index (χ0v) is 10.8. The van der Waals surface area contributed by atoms with E-state index in [0.29, 0.717) is 16.8 Å². The molecule has 2 N–H and O–H groups in total. The summed E-state index contributed by atoms with van der Waals surface area (Å²) in [5.41, 5.74) is 1.32. The van der Waals surface area contributed by atoms with Gasteiger partial charge in [-0.15, -0.1) is 0 Å². The number of nitrogens with one attached hydrogen (secondary N) is 1. The summed E-state index contributed by atoms with van der Waals surface area (Å²) in [5, 5.41) is 12.3. The van der Waals surface area contributed by atoms with Gasteiger partial charge in [0.1, 0.15) is 11.6 Å². The molecule has 2 rings (SSSR count). The van der Waals surface area contributed by atoms with Crippen molar-refractivity contribution in [2.24, 2.45) is 0 Å². The fraction of sp³-hybridized carbons (Fsp3) is 0.0714. The van der Waals surface area contributed by atoms with Gasteiger partial charge in [-0.05, 0) is 42.8 Å². The number of phenols is 1. The number of amides is 1. The molecule has 0 heterocycles. The van der Waals surface area contributed by atoms with Crippen LogP contribution in [0.5, 0.6) is 5.75 Å². The number of carbonyl (C=O) groups is 1. The monoisotopic (exact) mass is 279 g/mol. The van der Waals surface area contributed by atoms with Crippen LogP contribution in [0.3, 0.4) is 0 Å². The van der Waals surface area contributed by atoms with Gasteiger partial charge in [-0.1, -0.05) is 11.6 Å². The van der Waals surface area contributed by atoms with Crippen molar-refractivity contribution in [2.45, 2.75) is 6.92 Å². The number of phenolic OH excluding ortho intramolecular Hbond substituents is 1. The smallest absolute Gasteiger partial charge is 0.255 e. The molecule has 0 unspecified atom stereocenters. The third-order valence-corrected chi connectivity index (χ3v) is 2.96. The van der Waals surface area contributed by atoms with E-state index >= 15 is 0 Å². The van der Waals surface area contributed by atoms with Gasteiger partial charge in [-0.3, -0.25) is 4.79 Å². The molecule has 0 atom stereocenters. The summed E-state index contributed by atoms with van der Waals surface area (Å²) in [4.78, 5) is 12.0. The first kappa shape index (κ1) is 13.4. The second kappa shape index (κ2) is 5.28. The van der Waals surface area contributed by atoms with Gasteiger partial charge in [-0.2, -0.15) is 0 Å². The van der Waals surface area contributed by atoms with Gasteiger partial charge in [-0.25, -0.2) is 4.39 Å². The lowest BCUT2D eigenvalue weighted by Gasteiger charge is -2.08. The minimum absolute atomic E-state index is 0.115. The molecule has 0 saturated carbocycles. The Morgan fingerprint density at radius 1 is 1.26 bits per heavy atom. The van der Waals surface area contributed by atoms with E-state index in [2.05, 4.69) is 5.32 Å². The highest BCUT2D eigenvalue weighted by Crippen LogP contribution is 2.26. The van der Waals surface area contributed by atoms with Crippen molar-refractivity contribution < 1.29 is 14.3 Å². The molecule has 3 nitrogen and oxygen atoms in total. The van der Waals surface area contributed by atoms with Crippen LogP contribution in [0, 0.1) is 12.7 Å². The molecule has 0 fully saturated rings. The summed E-state index contributed by atoms with van der Waals surface area (Å²) in [6, 6.07) is 8.31. The topological polar surface area (TPSA) is 49.3 Å². The summed E-state index contributed by atoms with van der Waals surface area (Å²) in [7, 11) is 0. The number of carbonyl (C=O) groups excluding carboxylic acids is 1.